The molecule has 0 saturated heterocycles. The third kappa shape index (κ3) is 3.65. The first kappa shape index (κ1) is 13.9. The molecule has 17 heavy (non-hydrogen) atoms. The minimum absolute atomic E-state index is 0.0481. The summed E-state index contributed by atoms with van der Waals surface area (Å²) in [7, 11) is 1.10. The van der Waals surface area contributed by atoms with Crippen molar-refractivity contribution in [2.75, 3.05) is 12.8 Å². The van der Waals surface area contributed by atoms with Gasteiger partial charge >= 0.3 is 12.3 Å². The fourth-order valence-electron chi connectivity index (χ4n) is 1.06. The van der Waals surface area contributed by atoms with E-state index in [-0.39, 0.29) is 14.8 Å². The summed E-state index contributed by atoms with van der Waals surface area (Å²) in [5.74, 6) is -1.34. The van der Waals surface area contributed by atoms with Crippen LogP contribution in [-0.4, -0.2) is 19.4 Å². The average molecular weight is 361 g/mol. The van der Waals surface area contributed by atoms with Gasteiger partial charge in [-0.3, -0.25) is 0 Å². The molecule has 0 aliphatic heterocycles. The monoisotopic (exact) mass is 361 g/mol. The molecule has 0 heterocycles. The number of alkyl halides is 3. The van der Waals surface area contributed by atoms with Crippen LogP contribution in [0.5, 0.6) is 5.75 Å². The number of carbonyl (C=O) groups excluding carboxylic acids is 1. The van der Waals surface area contributed by atoms with E-state index < -0.39 is 18.1 Å². The highest BCUT2D eigenvalue weighted by Gasteiger charge is 2.32. The van der Waals surface area contributed by atoms with E-state index in [2.05, 4.69) is 9.47 Å². The zero-order valence-corrected chi connectivity index (χ0v) is 10.6. The van der Waals surface area contributed by atoms with Crippen molar-refractivity contribution in [2.24, 2.45) is 0 Å². The highest BCUT2D eigenvalue weighted by Crippen LogP contribution is 2.30. The van der Waals surface area contributed by atoms with Gasteiger partial charge in [0, 0.05) is 3.57 Å². The van der Waals surface area contributed by atoms with Crippen molar-refractivity contribution in [3.8, 4) is 5.75 Å². The molecule has 0 aliphatic carbocycles. The number of halogens is 4. The van der Waals surface area contributed by atoms with Crippen molar-refractivity contribution in [3.63, 3.8) is 0 Å². The Bertz CT molecular complexity index is 448. The number of esters is 1. The summed E-state index contributed by atoms with van der Waals surface area (Å²) in [4.78, 5) is 11.3. The van der Waals surface area contributed by atoms with Gasteiger partial charge in [0.1, 0.15) is 5.75 Å². The van der Waals surface area contributed by atoms with E-state index in [0.717, 1.165) is 19.2 Å². The molecule has 0 saturated carbocycles. The molecule has 0 aromatic heterocycles. The van der Waals surface area contributed by atoms with Crippen molar-refractivity contribution in [2.45, 2.75) is 6.36 Å². The van der Waals surface area contributed by atoms with Gasteiger partial charge in [0.05, 0.1) is 18.4 Å². The summed E-state index contributed by atoms with van der Waals surface area (Å²) in [6.07, 6.45) is -4.83. The first-order chi connectivity index (χ1) is 7.74. The van der Waals surface area contributed by atoms with Crippen LogP contribution in [0, 0.1) is 3.57 Å². The number of carbonyl (C=O) groups is 1. The van der Waals surface area contributed by atoms with E-state index in [1.807, 2.05) is 0 Å². The van der Waals surface area contributed by atoms with Gasteiger partial charge in [0.2, 0.25) is 0 Å². The number of nitrogens with two attached hydrogens (primary N) is 1. The lowest BCUT2D eigenvalue weighted by molar-refractivity contribution is -0.274. The Morgan fingerprint density at radius 1 is 1.41 bits per heavy atom. The molecular weight excluding hydrogens is 354 g/mol. The minimum Gasteiger partial charge on any atom is -0.465 e. The Morgan fingerprint density at radius 2 is 2.00 bits per heavy atom. The van der Waals surface area contributed by atoms with Gasteiger partial charge in [0.25, 0.3) is 0 Å². The van der Waals surface area contributed by atoms with Crippen LogP contribution in [0.2, 0.25) is 0 Å². The van der Waals surface area contributed by atoms with Gasteiger partial charge in [-0.25, -0.2) is 4.79 Å². The van der Waals surface area contributed by atoms with Gasteiger partial charge in [-0.1, -0.05) is 0 Å². The van der Waals surface area contributed by atoms with E-state index in [0.29, 0.717) is 0 Å². The van der Waals surface area contributed by atoms with Crippen LogP contribution in [0.4, 0.5) is 18.9 Å². The standard InChI is InChI=1S/C9H7F3INO3/c1-16-8(15)5-2-4(17-9(10,11)12)3-6(13)7(5)14/h2-3H,14H2,1H3. The van der Waals surface area contributed by atoms with Crippen LogP contribution in [0.1, 0.15) is 10.4 Å². The van der Waals surface area contributed by atoms with E-state index in [1.165, 1.54) is 0 Å². The smallest absolute Gasteiger partial charge is 0.465 e. The van der Waals surface area contributed by atoms with Crippen LogP contribution in [0.25, 0.3) is 0 Å². The predicted octanol–water partition coefficient (Wildman–Crippen LogP) is 2.56. The first-order valence-corrected chi connectivity index (χ1v) is 5.25. The highest BCUT2D eigenvalue weighted by molar-refractivity contribution is 14.1. The Labute approximate surface area is 108 Å². The summed E-state index contributed by atoms with van der Waals surface area (Å²) in [5.41, 5.74) is 5.43. The Balaban J connectivity index is 3.19. The molecule has 1 rings (SSSR count). The number of methoxy groups -OCH3 is 1. The molecule has 94 valence electrons. The number of ether oxygens (including phenoxy) is 2. The molecule has 1 aromatic rings. The second-order valence-electron chi connectivity index (χ2n) is 2.91. The largest absolute Gasteiger partial charge is 0.573 e. The summed E-state index contributed by atoms with van der Waals surface area (Å²) < 4.78 is 44.4. The van der Waals surface area contributed by atoms with Gasteiger partial charge in [-0.15, -0.1) is 13.2 Å². The summed E-state index contributed by atoms with van der Waals surface area (Å²) in [6.45, 7) is 0. The van der Waals surface area contributed by atoms with E-state index in [9.17, 15) is 18.0 Å². The van der Waals surface area contributed by atoms with Crippen LogP contribution in [0.3, 0.4) is 0 Å². The van der Waals surface area contributed by atoms with E-state index >= 15 is 0 Å². The molecule has 4 nitrogen and oxygen atoms in total. The van der Waals surface area contributed by atoms with Crippen LogP contribution in [0.15, 0.2) is 12.1 Å². The summed E-state index contributed by atoms with van der Waals surface area (Å²) >= 11 is 1.70. The molecule has 0 aliphatic rings. The molecule has 0 amide bonds. The minimum atomic E-state index is -4.83. The maximum atomic E-state index is 12.0. The second-order valence-corrected chi connectivity index (χ2v) is 4.07. The number of hydrogen-bond acceptors (Lipinski definition) is 4. The van der Waals surface area contributed by atoms with Gasteiger partial charge in [-0.05, 0) is 34.7 Å². The SMILES string of the molecule is COC(=O)c1cc(OC(F)(F)F)cc(I)c1N. The highest BCUT2D eigenvalue weighted by atomic mass is 127. The molecule has 0 spiro atoms. The number of nitrogen functional groups attached to an aromatic ring is 1. The zero-order chi connectivity index (χ0) is 13.2. The first-order valence-electron chi connectivity index (χ1n) is 4.17. The van der Waals surface area contributed by atoms with Crippen LogP contribution < -0.4 is 10.5 Å². The van der Waals surface area contributed by atoms with Crippen molar-refractivity contribution < 1.29 is 27.4 Å². The molecule has 2 N–H and O–H groups in total. The molecule has 8 heteroatoms. The Kier molecular flexibility index (Phi) is 4.07. The van der Waals surface area contributed by atoms with E-state index in [1.54, 1.807) is 22.6 Å². The molecule has 0 atom stereocenters. The van der Waals surface area contributed by atoms with Gasteiger partial charge in [0.15, 0.2) is 0 Å². The van der Waals surface area contributed by atoms with Crippen LogP contribution >= 0.6 is 22.6 Å². The summed E-state index contributed by atoms with van der Waals surface area (Å²) in [5, 5.41) is 0. The third-order valence-corrected chi connectivity index (χ3v) is 2.63. The number of anilines is 1. The number of benzene rings is 1. The average Bonchev–Trinajstić information content (AvgIpc) is 2.19. The second kappa shape index (κ2) is 4.98. The molecule has 0 unspecified atom stereocenters. The van der Waals surface area contributed by atoms with Gasteiger partial charge in [-0.2, -0.15) is 0 Å². The molecule has 0 radical (unpaired) electrons. The maximum Gasteiger partial charge on any atom is 0.573 e. The van der Waals surface area contributed by atoms with E-state index in [4.69, 9.17) is 5.73 Å². The lowest BCUT2D eigenvalue weighted by Crippen LogP contribution is -2.18. The quantitative estimate of drug-likeness (QED) is 0.500. The fourth-order valence-corrected chi connectivity index (χ4v) is 1.66. The van der Waals surface area contributed by atoms with Crippen molar-refractivity contribution >= 4 is 34.2 Å². The van der Waals surface area contributed by atoms with Crippen LogP contribution in [-0.2, 0) is 4.74 Å². The fraction of sp³-hybridized carbons (Fsp3) is 0.222. The third-order valence-electron chi connectivity index (χ3n) is 1.74. The molecule has 0 bridgehead atoms. The van der Waals surface area contributed by atoms with Gasteiger partial charge < -0.3 is 15.2 Å². The number of rotatable bonds is 2. The number of hydrogen-bond donors (Lipinski definition) is 1. The Hall–Kier alpha value is -1.19. The van der Waals surface area contributed by atoms with Crippen molar-refractivity contribution in [1.82, 2.24) is 0 Å². The van der Waals surface area contributed by atoms with Crippen molar-refractivity contribution in [3.05, 3.63) is 21.3 Å². The lowest BCUT2D eigenvalue weighted by Gasteiger charge is -2.12. The topological polar surface area (TPSA) is 61.5 Å². The Morgan fingerprint density at radius 3 is 2.47 bits per heavy atom. The lowest BCUT2D eigenvalue weighted by atomic mass is 10.2. The maximum absolute atomic E-state index is 12.0. The van der Waals surface area contributed by atoms with Crippen molar-refractivity contribution in [1.29, 1.82) is 0 Å². The predicted molar refractivity (Wildman–Crippen MR) is 61.6 cm³/mol. The zero-order valence-electron chi connectivity index (χ0n) is 8.47. The normalized spacial score (nSPS) is 11.1. The summed E-state index contributed by atoms with van der Waals surface area (Å²) in [6, 6.07) is 1.96. The molecule has 1 aromatic carbocycles. The molecule has 0 fully saturated rings. The molecular formula is C9H7F3INO3.